The van der Waals surface area contributed by atoms with E-state index in [0.29, 0.717) is 22.9 Å². The van der Waals surface area contributed by atoms with Gasteiger partial charge in [0.05, 0.1) is 19.3 Å². The molecule has 0 fully saturated rings. The van der Waals surface area contributed by atoms with E-state index >= 15 is 0 Å². The number of anilines is 1. The molecule has 0 aliphatic carbocycles. The molecule has 0 unspecified atom stereocenters. The van der Waals surface area contributed by atoms with Crippen LogP contribution in [0.4, 0.5) is 5.69 Å². The fraction of sp³-hybridized carbons (Fsp3) is 0.136. The minimum absolute atomic E-state index is 0.157. The Hall–Kier alpha value is -3.10. The van der Waals surface area contributed by atoms with Crippen molar-refractivity contribution in [2.24, 2.45) is 0 Å². The van der Waals surface area contributed by atoms with Crippen LogP contribution in [0.3, 0.4) is 0 Å². The molecule has 0 amide bonds. The normalized spacial score (nSPS) is 16.4. The van der Waals surface area contributed by atoms with Gasteiger partial charge in [0.15, 0.2) is 4.91 Å². The molecule has 154 valence electrons. The highest BCUT2D eigenvalue weighted by Crippen LogP contribution is 2.39. The Kier molecular flexibility index (Phi) is 5.61. The minimum Gasteiger partial charge on any atom is -0.496 e. The number of ether oxygens (including phenoxy) is 1. The van der Waals surface area contributed by atoms with Gasteiger partial charge < -0.3 is 10.1 Å². The summed E-state index contributed by atoms with van der Waals surface area (Å²) in [6, 6.07) is 18.4. The number of rotatable bonds is 6. The highest BCUT2D eigenvalue weighted by Gasteiger charge is 2.41. The van der Waals surface area contributed by atoms with Gasteiger partial charge in [0.25, 0.3) is 10.0 Å². The fourth-order valence-electron chi connectivity index (χ4n) is 3.31. The first kappa shape index (κ1) is 20.2. The van der Waals surface area contributed by atoms with Gasteiger partial charge in [0.1, 0.15) is 10.6 Å². The van der Waals surface area contributed by atoms with Crippen LogP contribution in [0.2, 0.25) is 0 Å². The third kappa shape index (κ3) is 3.71. The van der Waals surface area contributed by atoms with Gasteiger partial charge in [0, 0.05) is 18.3 Å². The van der Waals surface area contributed by atoms with Gasteiger partial charge in [0.2, 0.25) is 5.78 Å². The van der Waals surface area contributed by atoms with E-state index in [-0.39, 0.29) is 11.4 Å². The molecule has 1 aliphatic rings. The molecule has 0 atom stereocenters. The number of benzene rings is 2. The number of Topliss-reactive ketones (excluding diaryl/α,β-unsaturated/α-hetero) is 1. The van der Waals surface area contributed by atoms with Crippen LogP contribution >= 0.6 is 11.3 Å². The molecule has 8 heteroatoms. The summed E-state index contributed by atoms with van der Waals surface area (Å²) < 4.78 is 33.3. The van der Waals surface area contributed by atoms with Gasteiger partial charge in [-0.3, -0.25) is 9.10 Å². The maximum absolute atomic E-state index is 13.3. The molecule has 2 aromatic carbocycles. The second kappa shape index (κ2) is 8.33. The highest BCUT2D eigenvalue weighted by atomic mass is 32.2. The molecule has 3 aromatic rings. The lowest BCUT2D eigenvalue weighted by Crippen LogP contribution is -2.38. The summed E-state index contributed by atoms with van der Waals surface area (Å²) in [4.78, 5) is 13.1. The molecule has 0 saturated heterocycles. The lowest BCUT2D eigenvalue weighted by atomic mass is 10.2. The Labute approximate surface area is 179 Å². The lowest BCUT2D eigenvalue weighted by molar-refractivity contribution is 0.104. The van der Waals surface area contributed by atoms with Crippen LogP contribution in [-0.4, -0.2) is 21.3 Å². The maximum Gasteiger partial charge on any atom is 0.270 e. The number of para-hydroxylation sites is 1. The van der Waals surface area contributed by atoms with Crippen molar-refractivity contribution in [1.29, 1.82) is 0 Å². The van der Waals surface area contributed by atoms with Gasteiger partial charge in [-0.25, -0.2) is 8.42 Å². The van der Waals surface area contributed by atoms with E-state index < -0.39 is 15.8 Å². The number of methoxy groups -OCH3 is 1. The summed E-state index contributed by atoms with van der Waals surface area (Å²) in [5.41, 5.74) is 2.13. The molecule has 1 N–H and O–H groups in total. The third-order valence-corrected chi connectivity index (χ3v) is 7.47. The molecule has 2 heterocycles. The van der Waals surface area contributed by atoms with Crippen molar-refractivity contribution >= 4 is 32.8 Å². The van der Waals surface area contributed by atoms with E-state index in [0.717, 1.165) is 11.1 Å². The number of hydrogen-bond donors (Lipinski definition) is 1. The van der Waals surface area contributed by atoms with Crippen molar-refractivity contribution in [1.82, 2.24) is 5.32 Å². The average molecular weight is 441 g/mol. The van der Waals surface area contributed by atoms with E-state index in [1.807, 2.05) is 54.6 Å². The number of ketones is 1. The zero-order valence-electron chi connectivity index (χ0n) is 16.2. The van der Waals surface area contributed by atoms with Crippen molar-refractivity contribution in [3.63, 3.8) is 0 Å². The first-order valence-corrected chi connectivity index (χ1v) is 11.6. The average Bonchev–Trinajstić information content (AvgIpc) is 3.24. The van der Waals surface area contributed by atoms with Crippen LogP contribution < -0.4 is 14.4 Å². The van der Waals surface area contributed by atoms with Gasteiger partial charge in [-0.1, -0.05) is 48.5 Å². The van der Waals surface area contributed by atoms with Gasteiger partial charge in [-0.15, -0.1) is 11.3 Å². The molecule has 0 saturated carbocycles. The zero-order chi connectivity index (χ0) is 21.1. The first-order chi connectivity index (χ1) is 14.5. The molecule has 4 rings (SSSR count). The largest absolute Gasteiger partial charge is 0.496 e. The van der Waals surface area contributed by atoms with E-state index in [1.165, 1.54) is 21.8 Å². The number of carbonyl (C=O) groups excluding carboxylic acids is 1. The second-order valence-electron chi connectivity index (χ2n) is 6.66. The molecule has 30 heavy (non-hydrogen) atoms. The number of fused-ring (bicyclic) bond motifs is 1. The smallest absolute Gasteiger partial charge is 0.270 e. The standard InChI is InChI=1S/C22H20N2O4S2/c1-28-19-10-6-5-9-17(19)13-23-14-20-21(25)22-18(11-12-29-22)24(30(20,26)27)15-16-7-3-2-4-8-16/h2-12,14,23H,13,15H2,1H3. The van der Waals surface area contributed by atoms with Crippen molar-refractivity contribution in [3.05, 3.63) is 93.2 Å². The van der Waals surface area contributed by atoms with Crippen LogP contribution in [0.15, 0.2) is 77.1 Å². The Bertz CT molecular complexity index is 1200. The molecular formula is C22H20N2O4S2. The maximum atomic E-state index is 13.3. The molecule has 1 aromatic heterocycles. The SMILES string of the molecule is COc1ccccc1CNC=C1C(=O)c2sccc2N(Cc2ccccc2)S1(=O)=O. The summed E-state index contributed by atoms with van der Waals surface area (Å²) in [5, 5.41) is 4.71. The van der Waals surface area contributed by atoms with Crippen LogP contribution in [0.25, 0.3) is 0 Å². The molecule has 0 spiro atoms. The summed E-state index contributed by atoms with van der Waals surface area (Å²) >= 11 is 1.24. The topological polar surface area (TPSA) is 75.7 Å². The van der Waals surface area contributed by atoms with Crippen molar-refractivity contribution in [2.45, 2.75) is 13.1 Å². The van der Waals surface area contributed by atoms with Crippen molar-refractivity contribution < 1.29 is 17.9 Å². The number of allylic oxidation sites excluding steroid dienone is 1. The Balaban J connectivity index is 1.66. The number of carbonyl (C=O) groups is 1. The quantitative estimate of drug-likeness (QED) is 0.588. The van der Waals surface area contributed by atoms with E-state index in [9.17, 15) is 13.2 Å². The Morgan fingerprint density at radius 1 is 1.07 bits per heavy atom. The molecule has 6 nitrogen and oxygen atoms in total. The summed E-state index contributed by atoms with van der Waals surface area (Å²) in [7, 11) is -2.43. The molecule has 0 radical (unpaired) electrons. The second-order valence-corrected chi connectivity index (χ2v) is 9.41. The number of nitrogens with zero attached hydrogens (tertiary/aromatic N) is 1. The summed E-state index contributed by atoms with van der Waals surface area (Å²) in [5.74, 6) is 0.198. The molecule has 1 aliphatic heterocycles. The first-order valence-electron chi connectivity index (χ1n) is 9.26. The Morgan fingerprint density at radius 2 is 1.80 bits per heavy atom. The van der Waals surface area contributed by atoms with Crippen LogP contribution in [-0.2, 0) is 23.1 Å². The molecule has 0 bridgehead atoms. The van der Waals surface area contributed by atoms with E-state index in [4.69, 9.17) is 4.74 Å². The third-order valence-electron chi connectivity index (χ3n) is 4.80. The van der Waals surface area contributed by atoms with Crippen molar-refractivity contribution in [3.8, 4) is 5.75 Å². The number of thiophene rings is 1. The molecular weight excluding hydrogens is 420 g/mol. The van der Waals surface area contributed by atoms with Gasteiger partial charge in [-0.05, 0) is 23.1 Å². The van der Waals surface area contributed by atoms with Crippen LogP contribution in [0, 0.1) is 0 Å². The number of hydrogen-bond acceptors (Lipinski definition) is 6. The van der Waals surface area contributed by atoms with Gasteiger partial charge in [-0.2, -0.15) is 0 Å². The van der Waals surface area contributed by atoms with Crippen LogP contribution in [0.5, 0.6) is 5.75 Å². The monoisotopic (exact) mass is 440 g/mol. The number of nitrogens with one attached hydrogen (secondary N) is 1. The summed E-state index contributed by atoms with van der Waals surface area (Å²) in [6.07, 6.45) is 1.30. The van der Waals surface area contributed by atoms with Crippen molar-refractivity contribution in [2.75, 3.05) is 11.4 Å². The van der Waals surface area contributed by atoms with E-state index in [1.54, 1.807) is 18.6 Å². The van der Waals surface area contributed by atoms with Crippen LogP contribution in [0.1, 0.15) is 20.8 Å². The van der Waals surface area contributed by atoms with E-state index in [2.05, 4.69) is 5.32 Å². The number of sulfonamides is 1. The fourth-order valence-corrected chi connectivity index (χ4v) is 5.82. The predicted molar refractivity (Wildman–Crippen MR) is 118 cm³/mol. The minimum atomic E-state index is -4.01. The zero-order valence-corrected chi connectivity index (χ0v) is 17.9. The highest BCUT2D eigenvalue weighted by molar-refractivity contribution is 7.97. The summed E-state index contributed by atoms with van der Waals surface area (Å²) in [6.45, 7) is 0.482. The van der Waals surface area contributed by atoms with Gasteiger partial charge >= 0.3 is 0 Å². The lowest BCUT2D eigenvalue weighted by Gasteiger charge is -2.29. The predicted octanol–water partition coefficient (Wildman–Crippen LogP) is 3.92. The Morgan fingerprint density at radius 3 is 2.57 bits per heavy atom.